The van der Waals surface area contributed by atoms with E-state index in [1.807, 2.05) is 6.07 Å². The summed E-state index contributed by atoms with van der Waals surface area (Å²) in [5, 5.41) is 2.13. The van der Waals surface area contributed by atoms with Crippen LogP contribution in [0.1, 0.15) is 46.3 Å². The second kappa shape index (κ2) is 7.95. The summed E-state index contributed by atoms with van der Waals surface area (Å²) in [7, 11) is 0. The molecule has 0 bridgehead atoms. The van der Waals surface area contributed by atoms with Crippen LogP contribution in [0.3, 0.4) is 0 Å². The number of halogens is 2. The van der Waals surface area contributed by atoms with Crippen molar-refractivity contribution >= 4 is 28.9 Å². The predicted molar refractivity (Wildman–Crippen MR) is 95.4 cm³/mol. The molecule has 0 spiro atoms. The Labute approximate surface area is 154 Å². The first-order valence-corrected chi connectivity index (χ1v) is 9.35. The Balaban J connectivity index is 1.64. The van der Waals surface area contributed by atoms with E-state index >= 15 is 0 Å². The van der Waals surface area contributed by atoms with E-state index in [9.17, 15) is 18.4 Å². The van der Waals surface area contributed by atoms with Crippen molar-refractivity contribution in [2.45, 2.75) is 45.1 Å². The van der Waals surface area contributed by atoms with Crippen LogP contribution in [0.4, 0.5) is 14.5 Å². The van der Waals surface area contributed by atoms with Gasteiger partial charge >= 0.3 is 5.97 Å². The van der Waals surface area contributed by atoms with Crippen molar-refractivity contribution in [3.63, 3.8) is 0 Å². The molecule has 0 saturated carbocycles. The maximum absolute atomic E-state index is 13.6. The van der Waals surface area contributed by atoms with Gasteiger partial charge in [-0.05, 0) is 56.4 Å². The van der Waals surface area contributed by atoms with Gasteiger partial charge in [0.15, 0.2) is 6.10 Å². The van der Waals surface area contributed by atoms with Gasteiger partial charge in [0.25, 0.3) is 5.91 Å². The number of fused-ring (bicyclic) bond motifs is 1. The maximum atomic E-state index is 13.6. The minimum Gasteiger partial charge on any atom is -0.448 e. The number of benzene rings is 1. The highest BCUT2D eigenvalue weighted by atomic mass is 32.1. The molecule has 1 aliphatic rings. The van der Waals surface area contributed by atoms with E-state index in [2.05, 4.69) is 5.32 Å². The summed E-state index contributed by atoms with van der Waals surface area (Å²) in [6.07, 6.45) is 4.12. The number of rotatable bonds is 4. The van der Waals surface area contributed by atoms with E-state index < -0.39 is 35.3 Å². The summed E-state index contributed by atoms with van der Waals surface area (Å²) in [5.41, 5.74) is 0.619. The molecule has 1 N–H and O–H groups in total. The first-order valence-electron chi connectivity index (χ1n) is 8.53. The largest absolute Gasteiger partial charge is 0.448 e. The summed E-state index contributed by atoms with van der Waals surface area (Å²) < 4.78 is 32.4. The number of aryl methyl sites for hydroxylation is 2. The number of hydrogen-bond donors (Lipinski definition) is 1. The maximum Gasteiger partial charge on any atom is 0.349 e. The molecule has 1 aliphatic carbocycles. The van der Waals surface area contributed by atoms with Gasteiger partial charge in [-0.1, -0.05) is 12.5 Å². The number of hydrogen-bond acceptors (Lipinski definition) is 4. The van der Waals surface area contributed by atoms with Gasteiger partial charge in [0.2, 0.25) is 0 Å². The van der Waals surface area contributed by atoms with E-state index in [0.29, 0.717) is 4.88 Å². The van der Waals surface area contributed by atoms with Crippen LogP contribution in [0.5, 0.6) is 0 Å². The van der Waals surface area contributed by atoms with Crippen LogP contribution < -0.4 is 5.32 Å². The Morgan fingerprint density at radius 1 is 1.15 bits per heavy atom. The molecule has 26 heavy (non-hydrogen) atoms. The lowest BCUT2D eigenvalue weighted by Gasteiger charge is -2.13. The van der Waals surface area contributed by atoms with Gasteiger partial charge in [0, 0.05) is 4.88 Å². The molecule has 1 amide bonds. The van der Waals surface area contributed by atoms with E-state index in [1.54, 1.807) is 0 Å². The Kier molecular flexibility index (Phi) is 5.66. The van der Waals surface area contributed by atoms with Crippen LogP contribution in [0, 0.1) is 11.6 Å². The third kappa shape index (κ3) is 4.09. The zero-order valence-corrected chi connectivity index (χ0v) is 15.1. The summed E-state index contributed by atoms with van der Waals surface area (Å²) in [6.45, 7) is 1.37. The minimum absolute atomic E-state index is 0.452. The van der Waals surface area contributed by atoms with Crippen LogP contribution in [0.2, 0.25) is 0 Å². The third-order valence-electron chi connectivity index (χ3n) is 4.31. The fourth-order valence-corrected chi connectivity index (χ4v) is 4.02. The SMILES string of the molecule is C[C@H](OC(=O)c1cc2c(s1)CCCCC2)C(=O)Nc1c(F)cccc1F. The van der Waals surface area contributed by atoms with Crippen LogP contribution >= 0.6 is 11.3 Å². The second-order valence-corrected chi connectivity index (χ2v) is 7.39. The molecule has 7 heteroatoms. The highest BCUT2D eigenvalue weighted by molar-refractivity contribution is 7.14. The number of para-hydroxylation sites is 1. The third-order valence-corrected chi connectivity index (χ3v) is 5.53. The van der Waals surface area contributed by atoms with Crippen LogP contribution in [-0.2, 0) is 22.4 Å². The van der Waals surface area contributed by atoms with Crippen LogP contribution in [0.25, 0.3) is 0 Å². The highest BCUT2D eigenvalue weighted by Crippen LogP contribution is 2.29. The lowest BCUT2D eigenvalue weighted by Crippen LogP contribution is -2.30. The van der Waals surface area contributed by atoms with E-state index in [1.165, 1.54) is 41.2 Å². The summed E-state index contributed by atoms with van der Waals surface area (Å²) in [4.78, 5) is 26.1. The molecule has 0 fully saturated rings. The molecule has 0 aliphatic heterocycles. The summed E-state index contributed by atoms with van der Waals surface area (Å²) in [5.74, 6) is -3.17. The molecule has 138 valence electrons. The zero-order valence-electron chi connectivity index (χ0n) is 14.3. The Morgan fingerprint density at radius 3 is 2.58 bits per heavy atom. The summed E-state index contributed by atoms with van der Waals surface area (Å²) >= 11 is 1.39. The molecule has 0 saturated heterocycles. The van der Waals surface area contributed by atoms with E-state index in [0.717, 1.165) is 37.8 Å². The Hall–Kier alpha value is -2.28. The van der Waals surface area contributed by atoms with Gasteiger partial charge < -0.3 is 10.1 Å². The molecule has 4 nitrogen and oxygen atoms in total. The summed E-state index contributed by atoms with van der Waals surface area (Å²) in [6, 6.07) is 5.10. The number of anilines is 1. The number of carbonyl (C=O) groups is 2. The lowest BCUT2D eigenvalue weighted by molar-refractivity contribution is -0.123. The number of nitrogens with one attached hydrogen (secondary N) is 1. The molecule has 0 radical (unpaired) electrons. The number of thiophene rings is 1. The average Bonchev–Trinajstić information content (AvgIpc) is 2.89. The molecular weight excluding hydrogens is 360 g/mol. The lowest BCUT2D eigenvalue weighted by atomic mass is 10.1. The van der Waals surface area contributed by atoms with Gasteiger partial charge in [0.1, 0.15) is 22.2 Å². The number of amides is 1. The van der Waals surface area contributed by atoms with E-state index in [-0.39, 0.29) is 0 Å². The van der Waals surface area contributed by atoms with Crippen LogP contribution in [0.15, 0.2) is 24.3 Å². The predicted octanol–water partition coefficient (Wildman–Crippen LogP) is 4.48. The van der Waals surface area contributed by atoms with Gasteiger partial charge in [-0.2, -0.15) is 0 Å². The monoisotopic (exact) mass is 379 g/mol. The standard InChI is InChI=1S/C19H19F2NO3S/c1-11(18(23)22-17-13(20)7-5-8-14(17)21)25-19(24)16-10-12-6-3-2-4-9-15(12)26-16/h5,7-8,10-11H,2-4,6,9H2,1H3,(H,22,23)/t11-/m0/s1. The van der Waals surface area contributed by atoms with Crippen molar-refractivity contribution in [2.24, 2.45) is 0 Å². The molecular formula is C19H19F2NO3S. The van der Waals surface area contributed by atoms with Crippen molar-refractivity contribution < 1.29 is 23.1 Å². The molecule has 0 unspecified atom stereocenters. The molecule has 1 atom stereocenters. The normalized spacial score (nSPS) is 14.9. The minimum atomic E-state index is -1.18. The first kappa shape index (κ1) is 18.5. The average molecular weight is 379 g/mol. The van der Waals surface area contributed by atoms with E-state index in [4.69, 9.17) is 4.74 Å². The Bertz CT molecular complexity index is 790. The van der Waals surface area contributed by atoms with Crippen molar-refractivity contribution in [3.05, 3.63) is 51.2 Å². The first-order chi connectivity index (χ1) is 12.5. The zero-order chi connectivity index (χ0) is 18.7. The van der Waals surface area contributed by atoms with Crippen molar-refractivity contribution in [1.29, 1.82) is 0 Å². The molecule has 2 aromatic rings. The van der Waals surface area contributed by atoms with Crippen molar-refractivity contribution in [3.8, 4) is 0 Å². The number of esters is 1. The molecule has 3 rings (SSSR count). The van der Waals surface area contributed by atoms with Gasteiger partial charge in [-0.3, -0.25) is 4.79 Å². The van der Waals surface area contributed by atoms with Gasteiger partial charge in [-0.25, -0.2) is 13.6 Å². The topological polar surface area (TPSA) is 55.4 Å². The number of carbonyl (C=O) groups excluding carboxylic acids is 2. The van der Waals surface area contributed by atoms with Crippen LogP contribution in [-0.4, -0.2) is 18.0 Å². The quantitative estimate of drug-likeness (QED) is 0.629. The Morgan fingerprint density at radius 2 is 1.85 bits per heavy atom. The highest BCUT2D eigenvalue weighted by Gasteiger charge is 2.23. The van der Waals surface area contributed by atoms with Gasteiger partial charge in [-0.15, -0.1) is 11.3 Å². The second-order valence-electron chi connectivity index (χ2n) is 6.25. The number of ether oxygens (including phenoxy) is 1. The molecule has 1 aromatic carbocycles. The van der Waals surface area contributed by atoms with Crippen molar-refractivity contribution in [1.82, 2.24) is 0 Å². The van der Waals surface area contributed by atoms with Crippen molar-refractivity contribution in [2.75, 3.05) is 5.32 Å². The fourth-order valence-electron chi connectivity index (χ4n) is 2.88. The molecule has 1 aromatic heterocycles. The van der Waals surface area contributed by atoms with Gasteiger partial charge in [0.05, 0.1) is 0 Å². The smallest absolute Gasteiger partial charge is 0.349 e. The molecule has 1 heterocycles. The fraction of sp³-hybridized carbons (Fsp3) is 0.368.